The van der Waals surface area contributed by atoms with Gasteiger partial charge >= 0.3 is 6.09 Å². The number of ether oxygens (including phenoxy) is 6. The molecule has 2 unspecified atom stereocenters. The zero-order valence-electron chi connectivity index (χ0n) is 26.9. The topological polar surface area (TPSA) is 114 Å². The van der Waals surface area contributed by atoms with Gasteiger partial charge in [0.05, 0.1) is 59.5 Å². The van der Waals surface area contributed by atoms with Gasteiger partial charge in [-0.1, -0.05) is 46.8 Å². The molecule has 2 aliphatic rings. The Balaban J connectivity index is 1.61. The van der Waals surface area contributed by atoms with Crippen LogP contribution >= 0.6 is 0 Å². The summed E-state index contributed by atoms with van der Waals surface area (Å²) < 4.78 is 32.8. The number of phenols is 1. The van der Waals surface area contributed by atoms with Crippen molar-refractivity contribution in [2.45, 2.75) is 78.9 Å². The molecule has 1 aromatic carbocycles. The summed E-state index contributed by atoms with van der Waals surface area (Å²) in [7, 11) is 1.63. The van der Waals surface area contributed by atoms with Crippen molar-refractivity contribution in [1.29, 1.82) is 0 Å². The molecule has 1 N–H and O–H groups in total. The smallest absolute Gasteiger partial charge is 0.413 e. The molecular formula is C31H51NO10. The number of methoxy groups -OCH3 is 1. The summed E-state index contributed by atoms with van der Waals surface area (Å²) in [5.41, 5.74) is -2.62. The Labute approximate surface area is 250 Å². The van der Waals surface area contributed by atoms with E-state index in [2.05, 4.69) is 34.6 Å². The van der Waals surface area contributed by atoms with Crippen LogP contribution in [0.4, 0.5) is 4.79 Å². The second kappa shape index (κ2) is 13.8. The summed E-state index contributed by atoms with van der Waals surface area (Å²) in [6.45, 7) is 20.2. The molecule has 3 rings (SSSR count). The fraction of sp³-hybridized carbons (Fsp3) is 0.774. The molecule has 2 saturated heterocycles. The maximum Gasteiger partial charge on any atom is 0.413 e. The van der Waals surface area contributed by atoms with Crippen molar-refractivity contribution >= 4 is 6.09 Å². The Morgan fingerprint density at radius 3 is 1.88 bits per heavy atom. The molecule has 2 fully saturated rings. The van der Waals surface area contributed by atoms with Gasteiger partial charge in [0, 0.05) is 35.6 Å². The standard InChI is InChI=1S/C31H51NO10/c1-27(2,3)31-29(7,8)22-32(26(34)40-28(4,5)6)30(31,41-42-31)24-11-10-23(25(33)20-24)21-39-19-18-38-17-16-37-15-14-36-13-12-35-9/h10-11,20,33H,12-19,21-22H2,1-9H3. The van der Waals surface area contributed by atoms with Crippen LogP contribution in [0.15, 0.2) is 18.2 Å². The van der Waals surface area contributed by atoms with Crippen molar-refractivity contribution in [3.05, 3.63) is 29.3 Å². The van der Waals surface area contributed by atoms with Crippen LogP contribution in [0.2, 0.25) is 0 Å². The molecule has 1 amide bonds. The van der Waals surface area contributed by atoms with Crippen LogP contribution < -0.4 is 0 Å². The van der Waals surface area contributed by atoms with E-state index in [0.29, 0.717) is 70.5 Å². The van der Waals surface area contributed by atoms with E-state index in [1.54, 1.807) is 24.1 Å². The van der Waals surface area contributed by atoms with Crippen molar-refractivity contribution < 1.29 is 48.1 Å². The van der Waals surface area contributed by atoms with Crippen molar-refractivity contribution in [2.24, 2.45) is 10.8 Å². The first-order valence-electron chi connectivity index (χ1n) is 14.6. The summed E-state index contributed by atoms with van der Waals surface area (Å²) in [6, 6.07) is 5.27. The van der Waals surface area contributed by atoms with Gasteiger partial charge in [0.15, 0.2) is 5.60 Å². The minimum Gasteiger partial charge on any atom is -0.508 e. The maximum absolute atomic E-state index is 13.5. The van der Waals surface area contributed by atoms with Gasteiger partial charge in [0.1, 0.15) is 11.4 Å². The minimum atomic E-state index is -1.29. The molecule has 11 nitrogen and oxygen atoms in total. The average Bonchev–Trinajstić information content (AvgIpc) is 3.00. The SMILES string of the molecule is COCCOCCOCCOCCOCc1ccc(C23OOC2(C(C)(C)C)C(C)(C)CN3C(=O)OC(C)(C)C)cc1O. The van der Waals surface area contributed by atoms with Crippen molar-refractivity contribution in [3.63, 3.8) is 0 Å². The lowest BCUT2D eigenvalue weighted by Gasteiger charge is -2.63. The number of nitrogens with zero attached hydrogens (tertiary/aromatic N) is 1. The lowest BCUT2D eigenvalue weighted by molar-refractivity contribution is -0.604. The van der Waals surface area contributed by atoms with Crippen LogP contribution in [0.25, 0.3) is 0 Å². The Kier molecular flexibility index (Phi) is 11.3. The maximum atomic E-state index is 13.5. The lowest BCUT2D eigenvalue weighted by Crippen LogP contribution is -2.75. The second-order valence-electron chi connectivity index (χ2n) is 13.4. The van der Waals surface area contributed by atoms with Gasteiger partial charge in [-0.25, -0.2) is 9.68 Å². The molecule has 0 radical (unpaired) electrons. The molecule has 2 atom stereocenters. The Bertz CT molecular complexity index is 1030. The van der Waals surface area contributed by atoms with Gasteiger partial charge in [-0.15, -0.1) is 0 Å². The number of carbonyl (C=O) groups is 1. The highest BCUT2D eigenvalue weighted by atomic mass is 17.3. The number of carbonyl (C=O) groups excluding carboxylic acids is 1. The van der Waals surface area contributed by atoms with Crippen LogP contribution in [-0.4, -0.2) is 93.8 Å². The van der Waals surface area contributed by atoms with E-state index < -0.39 is 33.9 Å². The van der Waals surface area contributed by atoms with Crippen LogP contribution in [0.1, 0.15) is 66.5 Å². The van der Waals surface area contributed by atoms with Gasteiger partial charge in [-0.05, 0) is 26.8 Å². The predicted molar refractivity (Wildman–Crippen MR) is 155 cm³/mol. The fourth-order valence-electron chi connectivity index (χ4n) is 6.08. The quantitative estimate of drug-likeness (QED) is 0.224. The largest absolute Gasteiger partial charge is 0.508 e. The summed E-state index contributed by atoms with van der Waals surface area (Å²) in [5.74, 6) is 0.0380. The molecule has 11 heteroatoms. The molecule has 240 valence electrons. The molecule has 2 aliphatic heterocycles. The molecule has 0 aliphatic carbocycles. The molecule has 0 aromatic heterocycles. The first kappa shape index (κ1) is 34.5. The summed E-state index contributed by atoms with van der Waals surface area (Å²) >= 11 is 0. The zero-order chi connectivity index (χ0) is 31.2. The minimum absolute atomic E-state index is 0.0380. The number of hydrogen-bond donors (Lipinski definition) is 1. The number of rotatable bonds is 15. The van der Waals surface area contributed by atoms with Gasteiger partial charge in [-0.3, -0.25) is 4.90 Å². The molecule has 0 spiro atoms. The highest BCUT2D eigenvalue weighted by Crippen LogP contribution is 2.70. The Morgan fingerprint density at radius 1 is 0.881 bits per heavy atom. The second-order valence-corrected chi connectivity index (χ2v) is 13.4. The first-order valence-corrected chi connectivity index (χ1v) is 14.6. The number of phenolic OH excluding ortho intramolecular Hbond substituents is 1. The highest BCUT2D eigenvalue weighted by Gasteiger charge is 2.84. The molecular weight excluding hydrogens is 546 g/mol. The van der Waals surface area contributed by atoms with Crippen molar-refractivity contribution in [2.75, 3.05) is 66.5 Å². The van der Waals surface area contributed by atoms with Crippen LogP contribution in [-0.2, 0) is 50.5 Å². The number of aromatic hydroxyl groups is 1. The molecule has 2 heterocycles. The number of likely N-dealkylation sites (tertiary alicyclic amines) is 1. The summed E-state index contributed by atoms with van der Waals surface area (Å²) in [4.78, 5) is 27.1. The molecule has 1 aromatic rings. The van der Waals surface area contributed by atoms with E-state index in [-0.39, 0.29) is 12.4 Å². The fourth-order valence-corrected chi connectivity index (χ4v) is 6.08. The number of fused-ring (bicyclic) bond motifs is 1. The van der Waals surface area contributed by atoms with E-state index in [9.17, 15) is 9.90 Å². The van der Waals surface area contributed by atoms with Crippen LogP contribution in [0.3, 0.4) is 0 Å². The summed E-state index contributed by atoms with van der Waals surface area (Å²) in [5, 5.41) is 11.0. The van der Waals surface area contributed by atoms with Crippen molar-refractivity contribution in [3.8, 4) is 5.75 Å². The third kappa shape index (κ3) is 7.04. The van der Waals surface area contributed by atoms with E-state index >= 15 is 0 Å². The van der Waals surface area contributed by atoms with Gasteiger partial charge in [0.25, 0.3) is 0 Å². The van der Waals surface area contributed by atoms with E-state index in [1.165, 1.54) is 0 Å². The first-order chi connectivity index (χ1) is 19.6. The van der Waals surface area contributed by atoms with Gasteiger partial charge in [-0.2, -0.15) is 4.89 Å². The molecule has 42 heavy (non-hydrogen) atoms. The average molecular weight is 598 g/mol. The number of benzene rings is 1. The normalized spacial score (nSPS) is 23.5. The number of amides is 1. The Morgan fingerprint density at radius 2 is 1.43 bits per heavy atom. The van der Waals surface area contributed by atoms with Crippen molar-refractivity contribution in [1.82, 2.24) is 4.90 Å². The molecule has 0 saturated carbocycles. The van der Waals surface area contributed by atoms with E-state index in [0.717, 1.165) is 0 Å². The molecule has 0 bridgehead atoms. The van der Waals surface area contributed by atoms with E-state index in [1.807, 2.05) is 26.8 Å². The third-order valence-corrected chi connectivity index (χ3v) is 7.60. The van der Waals surface area contributed by atoms with Crippen LogP contribution in [0, 0.1) is 10.8 Å². The predicted octanol–water partition coefficient (Wildman–Crippen LogP) is 4.78. The summed E-state index contributed by atoms with van der Waals surface area (Å²) in [6.07, 6.45) is -0.502. The number of hydrogen-bond acceptors (Lipinski definition) is 10. The van der Waals surface area contributed by atoms with E-state index in [4.69, 9.17) is 38.2 Å². The third-order valence-electron chi connectivity index (χ3n) is 7.60. The van der Waals surface area contributed by atoms with Gasteiger partial charge in [0.2, 0.25) is 5.72 Å². The van der Waals surface area contributed by atoms with Gasteiger partial charge < -0.3 is 33.5 Å². The highest BCUT2D eigenvalue weighted by molar-refractivity contribution is 5.71. The lowest BCUT2D eigenvalue weighted by atomic mass is 9.57. The zero-order valence-corrected chi connectivity index (χ0v) is 26.9. The van der Waals surface area contributed by atoms with Crippen LogP contribution in [0.5, 0.6) is 5.75 Å². The monoisotopic (exact) mass is 597 g/mol. The Hall–Kier alpha value is -1.99.